The molecular formula is C21H31NO8. The van der Waals surface area contributed by atoms with E-state index in [-0.39, 0.29) is 13.2 Å². The molecule has 1 N–H and O–H groups in total. The van der Waals surface area contributed by atoms with E-state index in [1.54, 1.807) is 27.7 Å². The summed E-state index contributed by atoms with van der Waals surface area (Å²) in [5.41, 5.74) is -4.83. The van der Waals surface area contributed by atoms with Gasteiger partial charge in [-0.3, -0.25) is 4.79 Å². The van der Waals surface area contributed by atoms with Gasteiger partial charge >= 0.3 is 17.9 Å². The van der Waals surface area contributed by atoms with E-state index in [9.17, 15) is 24.3 Å². The molecule has 1 saturated heterocycles. The van der Waals surface area contributed by atoms with Gasteiger partial charge < -0.3 is 24.2 Å². The first kappa shape index (κ1) is 25.4. The molecule has 30 heavy (non-hydrogen) atoms. The summed E-state index contributed by atoms with van der Waals surface area (Å²) in [5, 5.41) is 11.1. The number of hydrogen-bond donors (Lipinski definition) is 1. The van der Waals surface area contributed by atoms with Crippen LogP contribution in [0, 0.1) is 5.92 Å². The molecule has 1 aliphatic heterocycles. The maximum Gasteiger partial charge on any atom is 0.347 e. The topological polar surface area (TPSA) is 119 Å². The maximum absolute atomic E-state index is 13.2. The van der Waals surface area contributed by atoms with Crippen LogP contribution in [0.2, 0.25) is 0 Å². The molecule has 0 bridgehead atoms. The van der Waals surface area contributed by atoms with E-state index in [1.165, 1.54) is 12.2 Å². The summed E-state index contributed by atoms with van der Waals surface area (Å²) in [5.74, 6) is -4.62. The zero-order valence-corrected chi connectivity index (χ0v) is 18.2. The summed E-state index contributed by atoms with van der Waals surface area (Å²) >= 11 is 0. The van der Waals surface area contributed by atoms with Gasteiger partial charge in [0, 0.05) is 0 Å². The van der Waals surface area contributed by atoms with Crippen LogP contribution in [0.25, 0.3) is 0 Å². The summed E-state index contributed by atoms with van der Waals surface area (Å²) in [7, 11) is 0. The predicted octanol–water partition coefficient (Wildman–Crippen LogP) is 1.14. The van der Waals surface area contributed by atoms with Crippen molar-refractivity contribution in [1.82, 2.24) is 4.90 Å². The van der Waals surface area contributed by atoms with E-state index in [4.69, 9.17) is 14.2 Å². The van der Waals surface area contributed by atoms with E-state index in [2.05, 4.69) is 13.2 Å². The van der Waals surface area contributed by atoms with Crippen molar-refractivity contribution in [3.8, 4) is 0 Å². The standard InChI is InChI=1S/C21H31NO8/c1-8-10-28-18(25)21(19(26)29-11-9-2)20(7,27)12-15(23)22(21)16(13(3)4)17(24)30-14(5)6/h8-9,13-14,16,27H,1-2,10-12H2,3-7H3/t16-,20?/m1/s1. The zero-order chi connectivity index (χ0) is 23.3. The maximum atomic E-state index is 13.2. The molecule has 1 rings (SSSR count). The number of carbonyl (C=O) groups is 4. The number of ether oxygens (including phenoxy) is 3. The van der Waals surface area contributed by atoms with Crippen molar-refractivity contribution in [2.24, 2.45) is 5.92 Å². The van der Waals surface area contributed by atoms with Crippen LogP contribution in [0.15, 0.2) is 25.3 Å². The van der Waals surface area contributed by atoms with Crippen LogP contribution < -0.4 is 0 Å². The molecule has 0 radical (unpaired) electrons. The minimum absolute atomic E-state index is 0.282. The van der Waals surface area contributed by atoms with Gasteiger partial charge in [0.2, 0.25) is 5.91 Å². The van der Waals surface area contributed by atoms with Crippen molar-refractivity contribution in [2.75, 3.05) is 13.2 Å². The summed E-state index contributed by atoms with van der Waals surface area (Å²) < 4.78 is 15.5. The number of esters is 3. The Morgan fingerprint density at radius 2 is 1.57 bits per heavy atom. The number of rotatable bonds is 10. The fourth-order valence-corrected chi connectivity index (χ4v) is 3.49. The lowest BCUT2D eigenvalue weighted by Crippen LogP contribution is -2.72. The van der Waals surface area contributed by atoms with Crippen molar-refractivity contribution in [2.45, 2.75) is 64.3 Å². The molecule has 0 aromatic rings. The van der Waals surface area contributed by atoms with Crippen LogP contribution in [0.5, 0.6) is 0 Å². The summed E-state index contributed by atoms with van der Waals surface area (Å²) in [6.45, 7) is 14.0. The van der Waals surface area contributed by atoms with Gasteiger partial charge in [-0.05, 0) is 26.7 Å². The number of likely N-dealkylation sites (tertiary alicyclic amines) is 1. The third-order valence-corrected chi connectivity index (χ3v) is 4.66. The highest BCUT2D eigenvalue weighted by Crippen LogP contribution is 2.44. The Morgan fingerprint density at radius 1 is 1.10 bits per heavy atom. The first-order valence-corrected chi connectivity index (χ1v) is 9.69. The summed E-state index contributed by atoms with van der Waals surface area (Å²) in [4.78, 5) is 53.0. The highest BCUT2D eigenvalue weighted by Gasteiger charge is 2.73. The van der Waals surface area contributed by atoms with Gasteiger partial charge in [0.05, 0.1) is 12.5 Å². The molecule has 1 aliphatic rings. The molecule has 1 fully saturated rings. The molecule has 1 heterocycles. The van der Waals surface area contributed by atoms with Crippen LogP contribution in [-0.2, 0) is 33.4 Å². The Bertz CT molecular complexity index is 686. The third-order valence-electron chi connectivity index (χ3n) is 4.66. The molecule has 0 aliphatic carbocycles. The smallest absolute Gasteiger partial charge is 0.347 e. The van der Waals surface area contributed by atoms with Gasteiger partial charge in [-0.25, -0.2) is 14.4 Å². The monoisotopic (exact) mass is 425 g/mol. The largest absolute Gasteiger partial charge is 0.461 e. The van der Waals surface area contributed by atoms with E-state index < -0.39 is 59.4 Å². The van der Waals surface area contributed by atoms with Crippen molar-refractivity contribution in [3.05, 3.63) is 25.3 Å². The van der Waals surface area contributed by atoms with E-state index in [0.29, 0.717) is 0 Å². The SMILES string of the molecule is C=CCOC(=O)C1(C(=O)OCC=C)N([C@@H](C(=O)OC(C)C)C(C)C)C(=O)CC1(C)O. The third kappa shape index (κ3) is 4.56. The molecule has 0 spiro atoms. The van der Waals surface area contributed by atoms with Gasteiger partial charge in [-0.15, -0.1) is 0 Å². The molecule has 2 atom stereocenters. The normalized spacial score (nSPS) is 21.3. The number of aliphatic hydroxyl groups is 1. The Labute approximate surface area is 176 Å². The highest BCUT2D eigenvalue weighted by atomic mass is 16.6. The lowest BCUT2D eigenvalue weighted by atomic mass is 9.80. The molecule has 0 aromatic heterocycles. The molecule has 9 heteroatoms. The fourth-order valence-electron chi connectivity index (χ4n) is 3.49. The molecule has 0 aromatic carbocycles. The second-order valence-electron chi connectivity index (χ2n) is 7.87. The highest BCUT2D eigenvalue weighted by molar-refractivity contribution is 6.13. The number of carbonyl (C=O) groups excluding carboxylic acids is 4. The van der Waals surface area contributed by atoms with Gasteiger partial charge in [0.1, 0.15) is 24.9 Å². The average molecular weight is 425 g/mol. The summed E-state index contributed by atoms with van der Waals surface area (Å²) in [6, 6.07) is -1.35. The van der Waals surface area contributed by atoms with Gasteiger partial charge in [-0.1, -0.05) is 39.2 Å². The van der Waals surface area contributed by atoms with Gasteiger partial charge in [0.15, 0.2) is 0 Å². The molecular weight excluding hydrogens is 394 g/mol. The van der Waals surface area contributed by atoms with Crippen LogP contribution in [0.1, 0.15) is 41.0 Å². The number of hydrogen-bond acceptors (Lipinski definition) is 8. The Balaban J connectivity index is 3.74. The van der Waals surface area contributed by atoms with Crippen molar-refractivity contribution in [3.63, 3.8) is 0 Å². The lowest BCUT2D eigenvalue weighted by Gasteiger charge is -2.43. The van der Waals surface area contributed by atoms with E-state index >= 15 is 0 Å². The van der Waals surface area contributed by atoms with Crippen LogP contribution in [0.3, 0.4) is 0 Å². The molecule has 1 amide bonds. The molecule has 9 nitrogen and oxygen atoms in total. The molecule has 0 saturated carbocycles. The van der Waals surface area contributed by atoms with Crippen LogP contribution in [0.4, 0.5) is 0 Å². The van der Waals surface area contributed by atoms with Gasteiger partial charge in [0.25, 0.3) is 5.54 Å². The number of nitrogens with zero attached hydrogens (tertiary/aromatic N) is 1. The van der Waals surface area contributed by atoms with Crippen molar-refractivity contribution >= 4 is 23.8 Å². The van der Waals surface area contributed by atoms with E-state index in [1.807, 2.05) is 0 Å². The minimum atomic E-state index is -2.61. The minimum Gasteiger partial charge on any atom is -0.461 e. The Kier molecular flexibility index (Phi) is 8.35. The number of amides is 1. The summed E-state index contributed by atoms with van der Waals surface area (Å²) in [6.07, 6.45) is 1.43. The Morgan fingerprint density at radius 3 is 1.93 bits per heavy atom. The second kappa shape index (κ2) is 9.88. The van der Waals surface area contributed by atoms with Crippen LogP contribution in [-0.4, -0.2) is 70.3 Å². The quantitative estimate of drug-likeness (QED) is 0.240. The zero-order valence-electron chi connectivity index (χ0n) is 18.2. The van der Waals surface area contributed by atoms with Crippen molar-refractivity contribution in [1.29, 1.82) is 0 Å². The second-order valence-corrected chi connectivity index (χ2v) is 7.87. The van der Waals surface area contributed by atoms with Gasteiger partial charge in [-0.2, -0.15) is 0 Å². The Hall–Kier alpha value is -2.68. The lowest BCUT2D eigenvalue weighted by molar-refractivity contribution is -0.193. The van der Waals surface area contributed by atoms with E-state index in [0.717, 1.165) is 11.8 Å². The molecule has 1 unspecified atom stereocenters. The van der Waals surface area contributed by atoms with Crippen molar-refractivity contribution < 1.29 is 38.5 Å². The predicted molar refractivity (Wildman–Crippen MR) is 107 cm³/mol. The average Bonchev–Trinajstić information content (AvgIpc) is 2.83. The first-order chi connectivity index (χ1) is 13.9. The first-order valence-electron chi connectivity index (χ1n) is 9.69. The molecule has 168 valence electrons. The fraction of sp³-hybridized carbons (Fsp3) is 0.619. The van der Waals surface area contributed by atoms with Crippen LogP contribution >= 0.6 is 0 Å².